The highest BCUT2D eigenvalue weighted by molar-refractivity contribution is 5.69. The normalized spacial score (nSPS) is 11.7. The van der Waals surface area contributed by atoms with Crippen LogP contribution < -0.4 is 15.8 Å². The summed E-state index contributed by atoms with van der Waals surface area (Å²) >= 11 is 0. The summed E-state index contributed by atoms with van der Waals surface area (Å²) < 4.78 is 5.95. The predicted octanol–water partition coefficient (Wildman–Crippen LogP) is 4.29. The zero-order valence-electron chi connectivity index (χ0n) is 17.4. The minimum absolute atomic E-state index is 0.0878. The van der Waals surface area contributed by atoms with Gasteiger partial charge in [-0.2, -0.15) is 0 Å². The highest BCUT2D eigenvalue weighted by Crippen LogP contribution is 2.27. The van der Waals surface area contributed by atoms with Gasteiger partial charge in [0.25, 0.3) is 0 Å². The Bertz CT molecular complexity index is 867. The zero-order chi connectivity index (χ0) is 21.4. The number of carbonyl (C=O) groups is 1. The lowest BCUT2D eigenvalue weighted by Crippen LogP contribution is -2.13. The molecule has 2 rings (SSSR count). The van der Waals surface area contributed by atoms with Gasteiger partial charge in [0.1, 0.15) is 12.4 Å². The first-order valence-corrected chi connectivity index (χ1v) is 9.81. The van der Waals surface area contributed by atoms with Gasteiger partial charge in [0.05, 0.1) is 12.3 Å². The molecule has 1 atom stereocenters. The van der Waals surface area contributed by atoms with Crippen molar-refractivity contribution in [2.24, 2.45) is 11.7 Å². The second kappa shape index (κ2) is 10.5. The number of nitrogens with one attached hydrogen (secondary N) is 1. The first kappa shape index (κ1) is 22.3. The molecule has 4 N–H and O–H groups in total. The van der Waals surface area contributed by atoms with Gasteiger partial charge in [0.2, 0.25) is 0 Å². The molecule has 0 aliphatic rings. The maximum Gasteiger partial charge on any atom is 0.304 e. The van der Waals surface area contributed by atoms with Gasteiger partial charge in [-0.15, -0.1) is 6.42 Å². The second-order valence-corrected chi connectivity index (χ2v) is 7.54. The summed E-state index contributed by atoms with van der Waals surface area (Å²) in [6.07, 6.45) is 5.38. The molecular weight excluding hydrogens is 364 g/mol. The number of carboxylic acid groups (broad SMARTS) is 1. The number of aliphatic carboxylic acids is 1. The molecule has 0 aliphatic carbocycles. The number of rotatable bonds is 10. The monoisotopic (exact) mass is 394 g/mol. The van der Waals surface area contributed by atoms with Gasteiger partial charge in [-0.25, -0.2) is 0 Å². The minimum atomic E-state index is -0.911. The van der Waals surface area contributed by atoms with Crippen molar-refractivity contribution < 1.29 is 14.6 Å². The van der Waals surface area contributed by atoms with Crippen LogP contribution in [0.3, 0.4) is 0 Å². The molecule has 29 heavy (non-hydrogen) atoms. The van der Waals surface area contributed by atoms with Crippen LogP contribution in [0.2, 0.25) is 0 Å². The molecule has 0 heterocycles. The van der Waals surface area contributed by atoms with Gasteiger partial charge in [-0.05, 0) is 47.2 Å². The van der Waals surface area contributed by atoms with Crippen LogP contribution in [0.5, 0.6) is 5.75 Å². The van der Waals surface area contributed by atoms with Crippen LogP contribution in [0.15, 0.2) is 36.4 Å². The Kier molecular flexibility index (Phi) is 8.11. The number of anilines is 1. The van der Waals surface area contributed by atoms with Gasteiger partial charge in [0, 0.05) is 18.8 Å². The third-order valence-electron chi connectivity index (χ3n) is 4.83. The number of hydrogen-bond acceptors (Lipinski definition) is 4. The first-order chi connectivity index (χ1) is 13.8. The van der Waals surface area contributed by atoms with Crippen LogP contribution in [0.4, 0.5) is 5.69 Å². The molecule has 0 bridgehead atoms. The first-order valence-electron chi connectivity index (χ1n) is 9.81. The van der Waals surface area contributed by atoms with Crippen molar-refractivity contribution in [2.75, 3.05) is 11.9 Å². The standard InChI is InChI=1S/C24H30N2O3/c1-5-18(12-23(27)28)19-8-10-22(11-9-19)29-15-21-7-6-20(13-25)24(17(21)4)26-14-16(2)3/h1,6-11,16,18,26H,12-15,25H2,2-4H3,(H,27,28)/t18-/m0/s1. The fraction of sp³-hybridized carbons (Fsp3) is 0.375. The Hall–Kier alpha value is -2.97. The maximum absolute atomic E-state index is 10.9. The molecule has 5 nitrogen and oxygen atoms in total. The highest BCUT2D eigenvalue weighted by atomic mass is 16.5. The summed E-state index contributed by atoms with van der Waals surface area (Å²) in [7, 11) is 0. The fourth-order valence-corrected chi connectivity index (χ4v) is 3.09. The molecule has 0 aliphatic heterocycles. The number of carboxylic acids is 1. The van der Waals surface area contributed by atoms with E-state index in [9.17, 15) is 4.79 Å². The number of benzene rings is 2. The lowest BCUT2D eigenvalue weighted by Gasteiger charge is -2.19. The van der Waals surface area contributed by atoms with E-state index in [2.05, 4.69) is 32.0 Å². The van der Waals surface area contributed by atoms with E-state index >= 15 is 0 Å². The average molecular weight is 395 g/mol. The Morgan fingerprint density at radius 3 is 2.41 bits per heavy atom. The predicted molar refractivity (Wildman–Crippen MR) is 117 cm³/mol. The summed E-state index contributed by atoms with van der Waals surface area (Å²) in [5, 5.41) is 12.5. The average Bonchev–Trinajstić information content (AvgIpc) is 2.70. The van der Waals surface area contributed by atoms with Crippen molar-refractivity contribution in [3.8, 4) is 18.1 Å². The Morgan fingerprint density at radius 2 is 1.86 bits per heavy atom. The maximum atomic E-state index is 10.9. The molecule has 154 valence electrons. The topological polar surface area (TPSA) is 84.6 Å². The molecule has 0 unspecified atom stereocenters. The highest BCUT2D eigenvalue weighted by Gasteiger charge is 2.13. The van der Waals surface area contributed by atoms with Gasteiger partial charge >= 0.3 is 5.97 Å². The van der Waals surface area contributed by atoms with Crippen LogP contribution >= 0.6 is 0 Å². The number of terminal acetylenes is 1. The molecule has 0 amide bonds. The van der Waals surface area contributed by atoms with Gasteiger partial charge < -0.3 is 20.9 Å². The SMILES string of the molecule is C#C[C@@H](CC(=O)O)c1ccc(OCc2ccc(CN)c(NCC(C)C)c2C)cc1. The molecule has 2 aromatic carbocycles. The van der Waals surface area contributed by atoms with Crippen LogP contribution in [0.1, 0.15) is 48.4 Å². The van der Waals surface area contributed by atoms with Gasteiger partial charge in [0.15, 0.2) is 0 Å². The van der Waals surface area contributed by atoms with E-state index in [1.165, 1.54) is 0 Å². The molecule has 0 saturated heterocycles. The molecule has 0 aromatic heterocycles. The van der Waals surface area contributed by atoms with Crippen LogP contribution in [-0.4, -0.2) is 17.6 Å². The molecule has 0 fully saturated rings. The Labute approximate surface area is 173 Å². The summed E-state index contributed by atoms with van der Waals surface area (Å²) in [5.74, 6) is 2.42. The van der Waals surface area contributed by atoms with Crippen LogP contribution in [0, 0.1) is 25.2 Å². The minimum Gasteiger partial charge on any atom is -0.489 e. The third-order valence-corrected chi connectivity index (χ3v) is 4.83. The van der Waals surface area contributed by atoms with E-state index in [4.69, 9.17) is 22.0 Å². The van der Waals surface area contributed by atoms with Gasteiger partial charge in [-0.3, -0.25) is 4.79 Å². The molecule has 0 saturated carbocycles. The molecule has 2 aromatic rings. The van der Waals surface area contributed by atoms with Crippen molar-refractivity contribution in [3.05, 3.63) is 58.7 Å². The summed E-state index contributed by atoms with van der Waals surface area (Å²) in [4.78, 5) is 10.9. The molecule has 5 heteroatoms. The van der Waals surface area contributed by atoms with Crippen molar-refractivity contribution in [1.29, 1.82) is 0 Å². The van der Waals surface area contributed by atoms with Crippen molar-refractivity contribution in [3.63, 3.8) is 0 Å². The fourth-order valence-electron chi connectivity index (χ4n) is 3.09. The van der Waals surface area contributed by atoms with Crippen LogP contribution in [-0.2, 0) is 17.9 Å². The van der Waals surface area contributed by atoms with Crippen molar-refractivity contribution in [2.45, 2.75) is 46.3 Å². The summed E-state index contributed by atoms with van der Waals surface area (Å²) in [5.41, 5.74) is 11.1. The Balaban J connectivity index is 2.10. The third kappa shape index (κ3) is 6.27. The Morgan fingerprint density at radius 1 is 1.21 bits per heavy atom. The van der Waals surface area contributed by atoms with Gasteiger partial charge in [-0.1, -0.05) is 44.0 Å². The number of hydrogen-bond donors (Lipinski definition) is 3. The lowest BCUT2D eigenvalue weighted by atomic mass is 9.97. The van der Waals surface area contributed by atoms with E-state index < -0.39 is 11.9 Å². The summed E-state index contributed by atoms with van der Waals surface area (Å²) in [6.45, 7) is 8.21. The quantitative estimate of drug-likeness (QED) is 0.524. The van der Waals surface area contributed by atoms with Crippen molar-refractivity contribution in [1.82, 2.24) is 0 Å². The molecular formula is C24H30N2O3. The van der Waals surface area contributed by atoms with E-state index in [-0.39, 0.29) is 6.42 Å². The molecule has 0 spiro atoms. The molecule has 0 radical (unpaired) electrons. The lowest BCUT2D eigenvalue weighted by molar-refractivity contribution is -0.137. The number of nitrogens with two attached hydrogens (primary N) is 1. The second-order valence-electron chi connectivity index (χ2n) is 7.54. The van der Waals surface area contributed by atoms with E-state index in [0.717, 1.165) is 34.5 Å². The van der Waals surface area contributed by atoms with E-state index in [1.54, 1.807) is 0 Å². The van der Waals surface area contributed by atoms with Crippen molar-refractivity contribution >= 4 is 11.7 Å². The largest absolute Gasteiger partial charge is 0.489 e. The van der Waals surface area contributed by atoms with Crippen LogP contribution in [0.25, 0.3) is 0 Å². The zero-order valence-corrected chi connectivity index (χ0v) is 17.4. The van der Waals surface area contributed by atoms with E-state index in [0.29, 0.717) is 24.8 Å². The summed E-state index contributed by atoms with van der Waals surface area (Å²) in [6, 6.07) is 11.4. The van der Waals surface area contributed by atoms with E-state index in [1.807, 2.05) is 36.4 Å². The number of ether oxygens (including phenoxy) is 1. The smallest absolute Gasteiger partial charge is 0.304 e.